The SMILES string of the molecule is O=c1c(F)cc2cnc(Nc3ccc(N4CCC(O)CC4)cc3)cc2n1C1CC2CCC1C2. The number of piperidine rings is 1. The predicted octanol–water partition coefficient (Wildman–Crippen LogP) is 4.60. The standard InChI is InChI=1S/C26H29FN4O2/c27-22-13-18-15-28-25(14-24(18)31(26(22)33)23-12-16-1-2-17(23)11-16)29-19-3-5-20(6-4-19)30-9-7-21(32)8-10-30/h3-6,13-17,21,23,32H,1-2,7-12H2,(H,28,29). The van der Waals surface area contributed by atoms with Crippen molar-refractivity contribution < 1.29 is 9.50 Å². The normalized spacial score (nSPS) is 25.2. The lowest BCUT2D eigenvalue weighted by Gasteiger charge is -2.31. The summed E-state index contributed by atoms with van der Waals surface area (Å²) in [6.07, 6.45) is 7.52. The quantitative estimate of drug-likeness (QED) is 0.610. The largest absolute Gasteiger partial charge is 0.393 e. The molecule has 6 nitrogen and oxygen atoms in total. The molecule has 1 aromatic carbocycles. The molecule has 3 atom stereocenters. The summed E-state index contributed by atoms with van der Waals surface area (Å²) in [6, 6.07) is 11.4. The molecule has 0 radical (unpaired) electrons. The fourth-order valence-electron chi connectivity index (χ4n) is 6.15. The van der Waals surface area contributed by atoms with Crippen molar-refractivity contribution in [3.63, 3.8) is 0 Å². The highest BCUT2D eigenvalue weighted by Gasteiger charge is 2.41. The van der Waals surface area contributed by atoms with Crippen molar-refractivity contribution in [3.05, 3.63) is 58.8 Å². The van der Waals surface area contributed by atoms with Crippen LogP contribution in [0.2, 0.25) is 0 Å². The molecule has 2 aromatic heterocycles. The van der Waals surface area contributed by atoms with Crippen LogP contribution in [-0.4, -0.2) is 33.9 Å². The molecule has 2 aliphatic carbocycles. The Morgan fingerprint density at radius 1 is 1.03 bits per heavy atom. The monoisotopic (exact) mass is 448 g/mol. The van der Waals surface area contributed by atoms with Crippen LogP contribution < -0.4 is 15.8 Å². The van der Waals surface area contributed by atoms with Gasteiger partial charge in [0.05, 0.1) is 11.6 Å². The molecule has 2 saturated carbocycles. The summed E-state index contributed by atoms with van der Waals surface area (Å²) in [7, 11) is 0. The molecule has 2 N–H and O–H groups in total. The highest BCUT2D eigenvalue weighted by molar-refractivity contribution is 5.81. The van der Waals surface area contributed by atoms with Crippen LogP contribution in [0.25, 0.3) is 10.9 Å². The lowest BCUT2D eigenvalue weighted by molar-refractivity contribution is 0.145. The smallest absolute Gasteiger partial charge is 0.287 e. The van der Waals surface area contributed by atoms with Crippen LogP contribution in [-0.2, 0) is 0 Å². The van der Waals surface area contributed by atoms with Crippen molar-refractivity contribution >= 4 is 28.1 Å². The van der Waals surface area contributed by atoms with E-state index in [1.54, 1.807) is 10.8 Å². The molecule has 7 heteroatoms. The van der Waals surface area contributed by atoms with Crippen LogP contribution in [0.15, 0.2) is 47.4 Å². The van der Waals surface area contributed by atoms with Crippen LogP contribution in [0.1, 0.15) is 44.6 Å². The first-order valence-electron chi connectivity index (χ1n) is 12.1. The number of aliphatic hydroxyl groups excluding tert-OH is 1. The summed E-state index contributed by atoms with van der Waals surface area (Å²) in [6.45, 7) is 1.72. The third-order valence-corrected chi connectivity index (χ3v) is 7.88. The summed E-state index contributed by atoms with van der Waals surface area (Å²) in [4.78, 5) is 19.6. The highest BCUT2D eigenvalue weighted by Crippen LogP contribution is 2.50. The second-order valence-electron chi connectivity index (χ2n) is 9.93. The second kappa shape index (κ2) is 8.13. The Hall–Kier alpha value is -2.93. The van der Waals surface area contributed by atoms with Crippen molar-refractivity contribution in [2.45, 2.75) is 50.7 Å². The Morgan fingerprint density at radius 3 is 2.52 bits per heavy atom. The van der Waals surface area contributed by atoms with Crippen LogP contribution in [0.4, 0.5) is 21.6 Å². The minimum absolute atomic E-state index is 0.0760. The molecule has 3 aliphatic rings. The molecule has 3 fully saturated rings. The zero-order valence-corrected chi connectivity index (χ0v) is 18.6. The van der Waals surface area contributed by atoms with Gasteiger partial charge in [-0.1, -0.05) is 6.42 Å². The average Bonchev–Trinajstić information content (AvgIpc) is 3.45. The van der Waals surface area contributed by atoms with E-state index in [0.29, 0.717) is 23.0 Å². The Labute approximate surface area is 192 Å². The first-order valence-corrected chi connectivity index (χ1v) is 12.1. The van der Waals surface area contributed by atoms with E-state index < -0.39 is 11.4 Å². The number of nitrogens with zero attached hydrogens (tertiary/aromatic N) is 3. The van der Waals surface area contributed by atoms with Crippen molar-refractivity contribution in [3.8, 4) is 0 Å². The van der Waals surface area contributed by atoms with Gasteiger partial charge in [0.1, 0.15) is 5.82 Å². The topological polar surface area (TPSA) is 70.4 Å². The van der Waals surface area contributed by atoms with Crippen molar-refractivity contribution in [2.75, 3.05) is 23.3 Å². The third-order valence-electron chi connectivity index (χ3n) is 7.88. The second-order valence-corrected chi connectivity index (χ2v) is 9.93. The zero-order valence-electron chi connectivity index (χ0n) is 18.6. The molecular formula is C26H29FN4O2. The van der Waals surface area contributed by atoms with E-state index in [1.165, 1.54) is 12.5 Å². The molecule has 3 unspecified atom stereocenters. The number of pyridine rings is 2. The van der Waals surface area contributed by atoms with E-state index in [2.05, 4.69) is 27.3 Å². The van der Waals surface area contributed by atoms with Gasteiger partial charge in [-0.05, 0) is 74.3 Å². The average molecular weight is 449 g/mol. The summed E-state index contributed by atoms with van der Waals surface area (Å²) in [5.41, 5.74) is 2.27. The number of aliphatic hydroxyl groups is 1. The minimum atomic E-state index is -0.700. The number of benzene rings is 1. The molecular weight excluding hydrogens is 419 g/mol. The van der Waals surface area contributed by atoms with Crippen LogP contribution >= 0.6 is 0 Å². The number of anilines is 3. The van der Waals surface area contributed by atoms with E-state index in [-0.39, 0.29) is 12.1 Å². The summed E-state index contributed by atoms with van der Waals surface area (Å²) >= 11 is 0. The Morgan fingerprint density at radius 2 is 1.82 bits per heavy atom. The lowest BCUT2D eigenvalue weighted by atomic mass is 9.94. The van der Waals surface area contributed by atoms with Gasteiger partial charge in [0, 0.05) is 48.2 Å². The maximum atomic E-state index is 14.5. The van der Waals surface area contributed by atoms with Crippen molar-refractivity contribution in [1.82, 2.24) is 9.55 Å². The number of hydrogen-bond acceptors (Lipinski definition) is 5. The van der Waals surface area contributed by atoms with Gasteiger partial charge < -0.3 is 19.9 Å². The van der Waals surface area contributed by atoms with Crippen LogP contribution in [0.3, 0.4) is 0 Å². The number of fused-ring (bicyclic) bond motifs is 3. The molecule has 0 spiro atoms. The first-order chi connectivity index (χ1) is 16.0. The summed E-state index contributed by atoms with van der Waals surface area (Å²) in [5, 5.41) is 13.7. The molecule has 2 bridgehead atoms. The molecule has 0 amide bonds. The Bertz CT molecular complexity index is 1230. The van der Waals surface area contributed by atoms with E-state index in [4.69, 9.17) is 0 Å². The molecule has 1 saturated heterocycles. The number of nitrogens with one attached hydrogen (secondary N) is 1. The van der Waals surface area contributed by atoms with Gasteiger partial charge in [0.2, 0.25) is 0 Å². The number of hydrogen-bond donors (Lipinski definition) is 2. The van der Waals surface area contributed by atoms with Gasteiger partial charge >= 0.3 is 0 Å². The summed E-state index contributed by atoms with van der Waals surface area (Å²) in [5.74, 6) is 1.06. The first kappa shape index (κ1) is 20.7. The third kappa shape index (κ3) is 3.78. The van der Waals surface area contributed by atoms with Gasteiger partial charge in [0.15, 0.2) is 5.82 Å². The maximum Gasteiger partial charge on any atom is 0.287 e. The minimum Gasteiger partial charge on any atom is -0.393 e. The zero-order chi connectivity index (χ0) is 22.5. The Balaban J connectivity index is 1.28. The van der Waals surface area contributed by atoms with E-state index in [0.717, 1.165) is 62.1 Å². The predicted molar refractivity (Wildman–Crippen MR) is 128 cm³/mol. The fraction of sp³-hybridized carbons (Fsp3) is 0.462. The molecule has 172 valence electrons. The van der Waals surface area contributed by atoms with Gasteiger partial charge in [-0.15, -0.1) is 0 Å². The van der Waals surface area contributed by atoms with Crippen LogP contribution in [0.5, 0.6) is 0 Å². The highest BCUT2D eigenvalue weighted by atomic mass is 19.1. The van der Waals surface area contributed by atoms with Crippen LogP contribution in [0, 0.1) is 17.7 Å². The van der Waals surface area contributed by atoms with Gasteiger partial charge in [-0.3, -0.25) is 4.79 Å². The van der Waals surface area contributed by atoms with Gasteiger partial charge in [0.25, 0.3) is 5.56 Å². The molecule has 33 heavy (non-hydrogen) atoms. The van der Waals surface area contributed by atoms with Crippen molar-refractivity contribution in [1.29, 1.82) is 0 Å². The van der Waals surface area contributed by atoms with E-state index in [9.17, 15) is 14.3 Å². The summed E-state index contributed by atoms with van der Waals surface area (Å²) < 4.78 is 16.2. The van der Waals surface area contributed by atoms with E-state index >= 15 is 0 Å². The lowest BCUT2D eigenvalue weighted by Crippen LogP contribution is -2.35. The molecule has 6 rings (SSSR count). The van der Waals surface area contributed by atoms with Crippen molar-refractivity contribution in [2.24, 2.45) is 11.8 Å². The number of aromatic nitrogens is 2. The molecule has 3 aromatic rings. The number of rotatable bonds is 4. The van der Waals surface area contributed by atoms with Gasteiger partial charge in [-0.2, -0.15) is 0 Å². The molecule has 1 aliphatic heterocycles. The molecule has 3 heterocycles. The van der Waals surface area contributed by atoms with E-state index in [1.807, 2.05) is 18.2 Å². The Kier molecular flexibility index (Phi) is 5.09. The maximum absolute atomic E-state index is 14.5. The number of halogens is 1. The van der Waals surface area contributed by atoms with Gasteiger partial charge in [-0.25, -0.2) is 9.37 Å². The fourth-order valence-corrected chi connectivity index (χ4v) is 6.15.